The molecule has 92 valence electrons. The summed E-state index contributed by atoms with van der Waals surface area (Å²) in [7, 11) is 0. The van der Waals surface area contributed by atoms with Gasteiger partial charge < -0.3 is 0 Å². The lowest BCUT2D eigenvalue weighted by Gasteiger charge is -2.05. The van der Waals surface area contributed by atoms with Gasteiger partial charge in [-0.3, -0.25) is 0 Å². The van der Waals surface area contributed by atoms with Gasteiger partial charge in [-0.05, 0) is 30.0 Å². The molecule has 0 saturated heterocycles. The van der Waals surface area contributed by atoms with Crippen LogP contribution in [0.5, 0.6) is 0 Å². The standard InChI is InChI=1S/C11H14.C3H8.C2H6/c1-4-10-8-6-7-9(3)11(10)5-2;1-3-2;1-2/h5-8H,2,4H2,1,3H3;3H2,1-2H3;1-2H3. The predicted octanol–water partition coefficient (Wildman–Crippen LogP) is 5.64. The number of benzene rings is 1. The molecule has 0 unspecified atom stereocenters. The van der Waals surface area contributed by atoms with Crippen molar-refractivity contribution in [3.8, 4) is 0 Å². The molecule has 0 radical (unpaired) electrons. The van der Waals surface area contributed by atoms with Crippen LogP contribution in [-0.4, -0.2) is 0 Å². The van der Waals surface area contributed by atoms with Gasteiger partial charge in [-0.25, -0.2) is 0 Å². The van der Waals surface area contributed by atoms with E-state index in [9.17, 15) is 0 Å². The minimum absolute atomic E-state index is 1.09. The molecule has 1 rings (SSSR count). The van der Waals surface area contributed by atoms with Gasteiger partial charge in [0.05, 0.1) is 0 Å². The van der Waals surface area contributed by atoms with Crippen LogP contribution in [0, 0.1) is 6.92 Å². The third-order valence-electron chi connectivity index (χ3n) is 2.00. The molecule has 0 nitrogen and oxygen atoms in total. The summed E-state index contributed by atoms with van der Waals surface area (Å²) in [6.07, 6.45) is 4.28. The third kappa shape index (κ3) is 6.44. The van der Waals surface area contributed by atoms with Gasteiger partial charge in [-0.2, -0.15) is 0 Å². The maximum atomic E-state index is 3.80. The largest absolute Gasteiger partial charge is 0.0985 e. The first-order chi connectivity index (χ1) is 7.71. The van der Waals surface area contributed by atoms with Gasteiger partial charge in [-0.15, -0.1) is 0 Å². The average molecular weight is 220 g/mol. The van der Waals surface area contributed by atoms with Crippen LogP contribution in [0.3, 0.4) is 0 Å². The Bertz CT molecular complexity index is 271. The second kappa shape index (κ2) is 12.0. The Morgan fingerprint density at radius 3 is 1.94 bits per heavy atom. The van der Waals surface area contributed by atoms with Gasteiger partial charge in [0.25, 0.3) is 0 Å². The lowest BCUT2D eigenvalue weighted by molar-refractivity contribution is 1.09. The SMILES string of the molecule is C=Cc1c(C)cccc1CC.CC.CCC. The van der Waals surface area contributed by atoms with Crippen LogP contribution in [0.15, 0.2) is 24.8 Å². The molecule has 0 N–H and O–H groups in total. The van der Waals surface area contributed by atoms with E-state index in [0.29, 0.717) is 0 Å². The summed E-state index contributed by atoms with van der Waals surface area (Å²) < 4.78 is 0. The summed E-state index contributed by atoms with van der Waals surface area (Å²) >= 11 is 0. The van der Waals surface area contributed by atoms with Crippen molar-refractivity contribution in [1.29, 1.82) is 0 Å². The zero-order valence-corrected chi connectivity index (χ0v) is 11.9. The Morgan fingerprint density at radius 1 is 1.12 bits per heavy atom. The molecule has 0 heterocycles. The monoisotopic (exact) mass is 220 g/mol. The molecule has 0 amide bonds. The van der Waals surface area contributed by atoms with Gasteiger partial charge in [-0.1, -0.05) is 71.9 Å². The summed E-state index contributed by atoms with van der Waals surface area (Å²) in [5.41, 5.74) is 4.01. The van der Waals surface area contributed by atoms with Gasteiger partial charge >= 0.3 is 0 Å². The van der Waals surface area contributed by atoms with E-state index in [4.69, 9.17) is 0 Å². The number of aryl methyl sites for hydroxylation is 2. The zero-order chi connectivity index (χ0) is 13.0. The Labute approximate surface area is 102 Å². The smallest absolute Gasteiger partial charge is 0.0201 e. The second-order valence-corrected chi connectivity index (χ2v) is 3.41. The van der Waals surface area contributed by atoms with E-state index in [1.807, 2.05) is 19.9 Å². The molecular weight excluding hydrogens is 192 g/mol. The van der Waals surface area contributed by atoms with Crippen molar-refractivity contribution in [2.24, 2.45) is 0 Å². The summed E-state index contributed by atoms with van der Waals surface area (Å²) in [4.78, 5) is 0. The third-order valence-corrected chi connectivity index (χ3v) is 2.00. The van der Waals surface area contributed by atoms with Crippen molar-refractivity contribution >= 4 is 6.08 Å². The first-order valence-electron chi connectivity index (χ1n) is 6.42. The summed E-state index contributed by atoms with van der Waals surface area (Å²) in [5.74, 6) is 0. The van der Waals surface area contributed by atoms with Crippen LogP contribution >= 0.6 is 0 Å². The van der Waals surface area contributed by atoms with Crippen molar-refractivity contribution in [3.05, 3.63) is 41.5 Å². The minimum atomic E-state index is 1.09. The van der Waals surface area contributed by atoms with E-state index in [1.165, 1.54) is 23.1 Å². The Hall–Kier alpha value is -1.04. The molecule has 0 heteroatoms. The Balaban J connectivity index is 0. The van der Waals surface area contributed by atoms with Crippen LogP contribution < -0.4 is 0 Å². The summed E-state index contributed by atoms with van der Waals surface area (Å²) in [5, 5.41) is 0. The van der Waals surface area contributed by atoms with Crippen LogP contribution in [-0.2, 0) is 6.42 Å². The van der Waals surface area contributed by atoms with E-state index >= 15 is 0 Å². The fraction of sp³-hybridized carbons (Fsp3) is 0.500. The van der Waals surface area contributed by atoms with Gasteiger partial charge in [0.1, 0.15) is 0 Å². The average Bonchev–Trinajstić information content (AvgIpc) is 2.32. The normalized spacial score (nSPS) is 8.12. The molecule has 16 heavy (non-hydrogen) atoms. The Morgan fingerprint density at radius 2 is 1.62 bits per heavy atom. The lowest BCUT2D eigenvalue weighted by atomic mass is 10.0. The van der Waals surface area contributed by atoms with Gasteiger partial charge in [0.2, 0.25) is 0 Å². The van der Waals surface area contributed by atoms with Crippen LogP contribution in [0.1, 0.15) is 57.7 Å². The minimum Gasteiger partial charge on any atom is -0.0985 e. The van der Waals surface area contributed by atoms with Crippen molar-refractivity contribution in [3.63, 3.8) is 0 Å². The zero-order valence-electron chi connectivity index (χ0n) is 11.9. The molecule has 1 aromatic rings. The molecule has 0 aliphatic rings. The van der Waals surface area contributed by atoms with Crippen LogP contribution in [0.4, 0.5) is 0 Å². The fourth-order valence-corrected chi connectivity index (χ4v) is 1.34. The summed E-state index contributed by atoms with van der Waals surface area (Å²) in [6.45, 7) is 16.3. The molecule has 0 atom stereocenters. The maximum Gasteiger partial charge on any atom is -0.0201 e. The highest BCUT2D eigenvalue weighted by Gasteiger charge is 1.97. The highest BCUT2D eigenvalue weighted by molar-refractivity contribution is 5.56. The lowest BCUT2D eigenvalue weighted by Crippen LogP contribution is -1.88. The van der Waals surface area contributed by atoms with Crippen LogP contribution in [0.2, 0.25) is 0 Å². The Kier molecular flexibility index (Phi) is 13.1. The van der Waals surface area contributed by atoms with E-state index in [1.54, 1.807) is 0 Å². The molecule has 0 bridgehead atoms. The molecule has 0 spiro atoms. The molecule has 0 fully saturated rings. The highest BCUT2D eigenvalue weighted by atomic mass is 14.0. The van der Waals surface area contributed by atoms with Gasteiger partial charge in [0, 0.05) is 0 Å². The van der Waals surface area contributed by atoms with Crippen molar-refractivity contribution in [2.75, 3.05) is 0 Å². The highest BCUT2D eigenvalue weighted by Crippen LogP contribution is 2.15. The molecular formula is C16H28. The first-order valence-corrected chi connectivity index (χ1v) is 6.42. The number of hydrogen-bond acceptors (Lipinski definition) is 0. The van der Waals surface area contributed by atoms with E-state index in [-0.39, 0.29) is 0 Å². The molecule has 1 aromatic carbocycles. The van der Waals surface area contributed by atoms with Gasteiger partial charge in [0.15, 0.2) is 0 Å². The molecule has 0 aliphatic heterocycles. The van der Waals surface area contributed by atoms with Crippen molar-refractivity contribution in [1.82, 2.24) is 0 Å². The number of hydrogen-bond donors (Lipinski definition) is 0. The topological polar surface area (TPSA) is 0 Å². The fourth-order valence-electron chi connectivity index (χ4n) is 1.34. The summed E-state index contributed by atoms with van der Waals surface area (Å²) in [6, 6.07) is 6.38. The maximum absolute atomic E-state index is 3.80. The van der Waals surface area contributed by atoms with E-state index < -0.39 is 0 Å². The second-order valence-electron chi connectivity index (χ2n) is 3.41. The van der Waals surface area contributed by atoms with Crippen molar-refractivity contribution in [2.45, 2.75) is 54.4 Å². The van der Waals surface area contributed by atoms with Crippen LogP contribution in [0.25, 0.3) is 6.08 Å². The van der Waals surface area contributed by atoms with Crippen molar-refractivity contribution < 1.29 is 0 Å². The molecule has 0 aromatic heterocycles. The first kappa shape index (κ1) is 17.4. The molecule has 0 aliphatic carbocycles. The molecule has 0 saturated carbocycles. The quantitative estimate of drug-likeness (QED) is 0.604. The predicted molar refractivity (Wildman–Crippen MR) is 78.0 cm³/mol. The number of rotatable bonds is 2. The van der Waals surface area contributed by atoms with E-state index in [0.717, 1.165) is 6.42 Å². The van der Waals surface area contributed by atoms with E-state index in [2.05, 4.69) is 52.5 Å².